The number of aryl methyl sites for hydroxylation is 3. The average Bonchev–Trinajstić information content (AvgIpc) is 2.81. The van der Waals surface area contributed by atoms with Gasteiger partial charge in [0.1, 0.15) is 6.04 Å². The van der Waals surface area contributed by atoms with Gasteiger partial charge in [-0.05, 0) is 46.1 Å². The number of rotatable bonds is 7. The molecule has 2 aromatic rings. The third kappa shape index (κ3) is 5.12. The number of carbonyl (C=O) groups is 2. The van der Waals surface area contributed by atoms with Gasteiger partial charge in [-0.2, -0.15) is 5.10 Å². The zero-order valence-electron chi connectivity index (χ0n) is 16.7. The lowest BCUT2D eigenvalue weighted by Crippen LogP contribution is -2.42. The van der Waals surface area contributed by atoms with E-state index in [1.807, 2.05) is 47.6 Å². The van der Waals surface area contributed by atoms with Gasteiger partial charge >= 0.3 is 5.97 Å². The lowest BCUT2D eigenvalue weighted by atomic mass is 10.0. The minimum absolute atomic E-state index is 0.0599. The first-order chi connectivity index (χ1) is 12.6. The van der Waals surface area contributed by atoms with E-state index in [1.54, 1.807) is 4.68 Å². The summed E-state index contributed by atoms with van der Waals surface area (Å²) in [4.78, 5) is 32.6. The molecule has 0 unspecified atom stereocenters. The van der Waals surface area contributed by atoms with E-state index >= 15 is 0 Å². The van der Waals surface area contributed by atoms with Crippen molar-refractivity contribution in [3.05, 3.63) is 34.4 Å². The van der Waals surface area contributed by atoms with Crippen LogP contribution in [0.3, 0.4) is 0 Å². The Morgan fingerprint density at radius 1 is 1.15 bits per heavy atom. The SMILES string of the molecule is Cc1cc(C)nc(-n2nc(C)c(CC(=O)N[C@@H](CC(C)C)C(=O)O)c2C)n1. The van der Waals surface area contributed by atoms with Crippen LogP contribution < -0.4 is 5.32 Å². The Labute approximate surface area is 159 Å². The van der Waals surface area contributed by atoms with Gasteiger partial charge < -0.3 is 10.4 Å². The second kappa shape index (κ2) is 8.28. The lowest BCUT2D eigenvalue weighted by molar-refractivity contribution is -0.142. The highest BCUT2D eigenvalue weighted by Gasteiger charge is 2.23. The standard InChI is InChI=1S/C19H27N5O3/c1-10(2)7-16(18(26)27)22-17(25)9-15-13(5)23-24(14(15)6)19-20-11(3)8-12(4)21-19/h8,10,16H,7,9H2,1-6H3,(H,22,25)(H,26,27)/t16-/m0/s1. The van der Waals surface area contributed by atoms with E-state index in [2.05, 4.69) is 20.4 Å². The molecule has 8 heteroatoms. The fourth-order valence-corrected chi connectivity index (χ4v) is 3.03. The Morgan fingerprint density at radius 3 is 2.26 bits per heavy atom. The average molecular weight is 373 g/mol. The van der Waals surface area contributed by atoms with Crippen LogP contribution in [0.4, 0.5) is 0 Å². The monoisotopic (exact) mass is 373 g/mol. The van der Waals surface area contributed by atoms with E-state index in [-0.39, 0.29) is 18.2 Å². The third-order valence-electron chi connectivity index (χ3n) is 4.28. The Kier molecular flexibility index (Phi) is 6.30. The molecule has 0 bridgehead atoms. The number of nitrogens with one attached hydrogen (secondary N) is 1. The van der Waals surface area contributed by atoms with Gasteiger partial charge in [-0.1, -0.05) is 13.8 Å². The van der Waals surface area contributed by atoms with Gasteiger partial charge in [0.25, 0.3) is 5.95 Å². The topological polar surface area (TPSA) is 110 Å². The maximum atomic E-state index is 12.4. The maximum absolute atomic E-state index is 12.4. The summed E-state index contributed by atoms with van der Waals surface area (Å²) in [5, 5.41) is 16.4. The number of hydrogen-bond acceptors (Lipinski definition) is 5. The molecule has 1 amide bonds. The zero-order valence-corrected chi connectivity index (χ0v) is 16.7. The molecule has 0 aliphatic rings. The minimum atomic E-state index is -1.02. The van der Waals surface area contributed by atoms with Gasteiger partial charge in [0, 0.05) is 22.6 Å². The summed E-state index contributed by atoms with van der Waals surface area (Å²) >= 11 is 0. The molecule has 0 aliphatic heterocycles. The number of amides is 1. The van der Waals surface area contributed by atoms with Crippen LogP contribution in [0.25, 0.3) is 5.95 Å². The normalized spacial score (nSPS) is 12.3. The Balaban J connectivity index is 2.23. The highest BCUT2D eigenvalue weighted by atomic mass is 16.4. The molecular formula is C19H27N5O3. The Hall–Kier alpha value is -2.77. The molecule has 146 valence electrons. The number of hydrogen-bond donors (Lipinski definition) is 2. The summed E-state index contributed by atoms with van der Waals surface area (Å²) in [5.74, 6) is -0.734. The first kappa shape index (κ1) is 20.5. The second-order valence-electron chi connectivity index (χ2n) is 7.28. The van der Waals surface area contributed by atoms with Crippen LogP contribution in [-0.2, 0) is 16.0 Å². The zero-order chi connectivity index (χ0) is 20.3. The summed E-state index contributed by atoms with van der Waals surface area (Å²) in [7, 11) is 0. The van der Waals surface area contributed by atoms with Gasteiger partial charge in [0.05, 0.1) is 12.1 Å². The Morgan fingerprint density at radius 2 is 1.74 bits per heavy atom. The molecule has 1 atom stereocenters. The van der Waals surface area contributed by atoms with Crippen LogP contribution in [0.2, 0.25) is 0 Å². The number of carbonyl (C=O) groups excluding carboxylic acids is 1. The molecule has 0 spiro atoms. The first-order valence-electron chi connectivity index (χ1n) is 8.98. The van der Waals surface area contributed by atoms with E-state index in [4.69, 9.17) is 0 Å². The molecule has 2 heterocycles. The largest absolute Gasteiger partial charge is 0.480 e. The number of aliphatic carboxylic acids is 1. The Bertz CT molecular complexity index is 837. The van der Waals surface area contributed by atoms with Crippen molar-refractivity contribution in [1.82, 2.24) is 25.1 Å². The number of nitrogens with zero attached hydrogens (tertiary/aromatic N) is 4. The number of carboxylic acid groups (broad SMARTS) is 1. The molecule has 2 rings (SSSR count). The molecule has 27 heavy (non-hydrogen) atoms. The van der Waals surface area contributed by atoms with Crippen LogP contribution in [0.15, 0.2) is 6.07 Å². The van der Waals surface area contributed by atoms with Gasteiger partial charge in [0.2, 0.25) is 5.91 Å². The lowest BCUT2D eigenvalue weighted by Gasteiger charge is -2.16. The molecule has 0 aliphatic carbocycles. The molecule has 0 saturated carbocycles. The quantitative estimate of drug-likeness (QED) is 0.769. The van der Waals surface area contributed by atoms with Crippen molar-refractivity contribution in [3.8, 4) is 5.95 Å². The van der Waals surface area contributed by atoms with Crippen molar-refractivity contribution in [1.29, 1.82) is 0 Å². The molecule has 2 aromatic heterocycles. The molecule has 0 fully saturated rings. The predicted molar refractivity (Wildman–Crippen MR) is 101 cm³/mol. The summed E-state index contributed by atoms with van der Waals surface area (Å²) in [6.07, 6.45) is 0.444. The van der Waals surface area contributed by atoms with Crippen molar-refractivity contribution in [2.75, 3.05) is 0 Å². The van der Waals surface area contributed by atoms with Crippen LogP contribution >= 0.6 is 0 Å². The summed E-state index contributed by atoms with van der Waals surface area (Å²) in [5.41, 5.74) is 3.89. The molecule has 0 radical (unpaired) electrons. The van der Waals surface area contributed by atoms with E-state index in [0.29, 0.717) is 18.1 Å². The first-order valence-corrected chi connectivity index (χ1v) is 8.98. The smallest absolute Gasteiger partial charge is 0.326 e. The van der Waals surface area contributed by atoms with E-state index < -0.39 is 12.0 Å². The van der Waals surface area contributed by atoms with Crippen molar-refractivity contribution < 1.29 is 14.7 Å². The minimum Gasteiger partial charge on any atom is -0.480 e. The predicted octanol–water partition coefficient (Wildman–Crippen LogP) is 2.05. The van der Waals surface area contributed by atoms with Crippen molar-refractivity contribution in [3.63, 3.8) is 0 Å². The van der Waals surface area contributed by atoms with Crippen molar-refractivity contribution in [2.24, 2.45) is 5.92 Å². The molecule has 2 N–H and O–H groups in total. The van der Waals surface area contributed by atoms with Gasteiger partial charge in [0.15, 0.2) is 0 Å². The van der Waals surface area contributed by atoms with Crippen LogP contribution in [0.5, 0.6) is 0 Å². The van der Waals surface area contributed by atoms with Gasteiger partial charge in [-0.25, -0.2) is 19.4 Å². The van der Waals surface area contributed by atoms with Crippen molar-refractivity contribution in [2.45, 2.75) is 60.4 Å². The van der Waals surface area contributed by atoms with Crippen LogP contribution in [0, 0.1) is 33.6 Å². The van der Waals surface area contributed by atoms with Crippen LogP contribution in [0.1, 0.15) is 48.6 Å². The number of carboxylic acids is 1. The summed E-state index contributed by atoms with van der Waals surface area (Å²) < 4.78 is 1.63. The number of aromatic nitrogens is 4. The van der Waals surface area contributed by atoms with E-state index in [1.165, 1.54) is 0 Å². The fraction of sp³-hybridized carbons (Fsp3) is 0.526. The van der Waals surface area contributed by atoms with Gasteiger partial charge in [-0.15, -0.1) is 0 Å². The summed E-state index contributed by atoms with van der Waals surface area (Å²) in [6, 6.07) is 0.987. The second-order valence-corrected chi connectivity index (χ2v) is 7.28. The fourth-order valence-electron chi connectivity index (χ4n) is 3.03. The molecule has 8 nitrogen and oxygen atoms in total. The molecule has 0 aromatic carbocycles. The molecule has 0 saturated heterocycles. The summed E-state index contributed by atoms with van der Waals surface area (Å²) in [6.45, 7) is 11.3. The third-order valence-corrected chi connectivity index (χ3v) is 4.28. The van der Waals surface area contributed by atoms with Crippen LogP contribution in [-0.4, -0.2) is 42.8 Å². The van der Waals surface area contributed by atoms with Gasteiger partial charge in [-0.3, -0.25) is 4.79 Å². The molecular weight excluding hydrogens is 346 g/mol. The maximum Gasteiger partial charge on any atom is 0.326 e. The van der Waals surface area contributed by atoms with E-state index in [9.17, 15) is 14.7 Å². The highest BCUT2D eigenvalue weighted by molar-refractivity contribution is 5.85. The van der Waals surface area contributed by atoms with Crippen molar-refractivity contribution >= 4 is 11.9 Å². The highest BCUT2D eigenvalue weighted by Crippen LogP contribution is 2.17. The van der Waals surface area contributed by atoms with E-state index in [0.717, 1.165) is 22.6 Å².